The maximum atomic E-state index is 11.4. The molecule has 0 aromatic rings. The second-order valence-electron chi connectivity index (χ2n) is 7.46. The maximum Gasteiger partial charge on any atom is 0.317 e. The van der Waals surface area contributed by atoms with Crippen LogP contribution in [0.25, 0.3) is 0 Å². The summed E-state index contributed by atoms with van der Waals surface area (Å²) in [6, 6.07) is 0. The topological polar surface area (TPSA) is 43.4 Å². The van der Waals surface area contributed by atoms with E-state index in [-0.39, 0.29) is 24.3 Å². The summed E-state index contributed by atoms with van der Waals surface area (Å²) in [5.74, 6) is -1.02. The molecule has 2 unspecified atom stereocenters. The highest BCUT2D eigenvalue weighted by molar-refractivity contribution is 5.94. The van der Waals surface area contributed by atoms with E-state index in [4.69, 9.17) is 0 Å². The van der Waals surface area contributed by atoms with E-state index in [1.165, 1.54) is 12.8 Å². The van der Waals surface area contributed by atoms with E-state index >= 15 is 0 Å². The molecule has 1 aliphatic rings. The minimum absolute atomic E-state index is 0.233. The number of carbonyl (C=O) groups excluding carboxylic acids is 2. The van der Waals surface area contributed by atoms with Gasteiger partial charge in [-0.3, -0.25) is 9.59 Å². The summed E-state index contributed by atoms with van der Waals surface area (Å²) in [5, 5.41) is 0. The lowest BCUT2D eigenvalue weighted by Crippen LogP contribution is -2.24. The number of hydrogen-bond donors (Lipinski definition) is 0. The number of carbonyl (C=O) groups is 2. The zero-order valence-corrected chi connectivity index (χ0v) is 14.2. The first-order chi connectivity index (χ1) is 9.71. The average Bonchev–Trinajstić information content (AvgIpc) is 2.73. The van der Waals surface area contributed by atoms with Gasteiger partial charge in [-0.05, 0) is 30.1 Å². The molecule has 1 saturated heterocycles. The van der Waals surface area contributed by atoms with Crippen LogP contribution >= 0.6 is 0 Å². The van der Waals surface area contributed by atoms with Crippen LogP contribution in [0.15, 0.2) is 12.2 Å². The van der Waals surface area contributed by atoms with E-state index in [0.29, 0.717) is 17.3 Å². The van der Waals surface area contributed by atoms with Gasteiger partial charge < -0.3 is 4.74 Å². The Labute approximate surface area is 129 Å². The van der Waals surface area contributed by atoms with Crippen molar-refractivity contribution >= 4 is 11.9 Å². The van der Waals surface area contributed by atoms with Crippen LogP contribution in [0.5, 0.6) is 0 Å². The molecule has 0 amide bonds. The first-order valence-corrected chi connectivity index (χ1v) is 8.11. The SMILES string of the molecule is CCC(C)(C)CC(C)(CC)CC=CCC1CC(=O)OC1=O. The molecular formula is C18H30O3. The summed E-state index contributed by atoms with van der Waals surface area (Å²) in [6.07, 6.45) is 9.60. The van der Waals surface area contributed by atoms with E-state index in [1.807, 2.05) is 6.08 Å². The van der Waals surface area contributed by atoms with Gasteiger partial charge in [0.05, 0.1) is 12.3 Å². The third-order valence-corrected chi connectivity index (χ3v) is 4.87. The minimum Gasteiger partial charge on any atom is -0.393 e. The van der Waals surface area contributed by atoms with Gasteiger partial charge in [0, 0.05) is 0 Å². The van der Waals surface area contributed by atoms with Gasteiger partial charge in [0.1, 0.15) is 0 Å². The van der Waals surface area contributed by atoms with Crippen LogP contribution < -0.4 is 0 Å². The fraction of sp³-hybridized carbons (Fsp3) is 0.778. The molecule has 1 fully saturated rings. The molecule has 3 nitrogen and oxygen atoms in total. The summed E-state index contributed by atoms with van der Waals surface area (Å²) in [5.41, 5.74) is 0.655. The van der Waals surface area contributed by atoms with Crippen LogP contribution in [-0.4, -0.2) is 11.9 Å². The Bertz CT molecular complexity index is 409. The molecule has 0 N–H and O–H groups in total. The van der Waals surface area contributed by atoms with Gasteiger partial charge in [0.25, 0.3) is 0 Å². The van der Waals surface area contributed by atoms with Crippen LogP contribution in [0, 0.1) is 16.7 Å². The van der Waals surface area contributed by atoms with Gasteiger partial charge in [-0.25, -0.2) is 0 Å². The number of esters is 2. The van der Waals surface area contributed by atoms with Gasteiger partial charge in [0.15, 0.2) is 0 Å². The third kappa shape index (κ3) is 5.64. The molecule has 0 spiro atoms. The van der Waals surface area contributed by atoms with E-state index in [0.717, 1.165) is 12.8 Å². The Hall–Kier alpha value is -1.12. The minimum atomic E-state index is -0.388. The van der Waals surface area contributed by atoms with Gasteiger partial charge in [0.2, 0.25) is 0 Å². The summed E-state index contributed by atoms with van der Waals surface area (Å²) in [6.45, 7) is 11.5. The van der Waals surface area contributed by atoms with Crippen molar-refractivity contribution in [3.8, 4) is 0 Å². The Kier molecular flexibility index (Phi) is 6.18. The van der Waals surface area contributed by atoms with E-state index in [2.05, 4.69) is 45.4 Å². The molecule has 21 heavy (non-hydrogen) atoms. The maximum absolute atomic E-state index is 11.4. The molecular weight excluding hydrogens is 264 g/mol. The van der Waals surface area contributed by atoms with Crippen LogP contribution in [0.2, 0.25) is 0 Å². The molecule has 0 aromatic heterocycles. The smallest absolute Gasteiger partial charge is 0.317 e. The van der Waals surface area contributed by atoms with Gasteiger partial charge in [-0.2, -0.15) is 0 Å². The first kappa shape index (κ1) is 17.9. The molecule has 0 saturated carbocycles. The van der Waals surface area contributed by atoms with Crippen molar-refractivity contribution in [1.82, 2.24) is 0 Å². The van der Waals surface area contributed by atoms with Crippen molar-refractivity contribution < 1.29 is 14.3 Å². The summed E-state index contributed by atoms with van der Waals surface area (Å²) < 4.78 is 4.56. The molecule has 1 rings (SSSR count). The normalized spacial score (nSPS) is 22.6. The predicted octanol–water partition coefficient (Wildman–Crippen LogP) is 4.66. The lowest BCUT2D eigenvalue weighted by Gasteiger charge is -2.36. The van der Waals surface area contributed by atoms with E-state index in [9.17, 15) is 9.59 Å². The van der Waals surface area contributed by atoms with Gasteiger partial charge in [-0.1, -0.05) is 59.6 Å². The monoisotopic (exact) mass is 294 g/mol. The highest BCUT2D eigenvalue weighted by Gasteiger charge is 2.32. The highest BCUT2D eigenvalue weighted by Crippen LogP contribution is 2.41. The molecule has 0 radical (unpaired) electrons. The second kappa shape index (κ2) is 7.24. The lowest BCUT2D eigenvalue weighted by atomic mass is 9.69. The molecule has 3 heteroatoms. The van der Waals surface area contributed by atoms with Crippen LogP contribution in [0.4, 0.5) is 0 Å². The van der Waals surface area contributed by atoms with Crippen LogP contribution in [-0.2, 0) is 14.3 Å². The molecule has 2 atom stereocenters. The van der Waals surface area contributed by atoms with E-state index < -0.39 is 0 Å². The fourth-order valence-corrected chi connectivity index (χ4v) is 2.95. The molecule has 1 heterocycles. The predicted molar refractivity (Wildman–Crippen MR) is 84.7 cm³/mol. The Morgan fingerprint density at radius 3 is 2.29 bits per heavy atom. The molecule has 0 bridgehead atoms. The molecule has 120 valence electrons. The fourth-order valence-electron chi connectivity index (χ4n) is 2.95. The largest absolute Gasteiger partial charge is 0.393 e. The molecule has 0 aromatic carbocycles. The van der Waals surface area contributed by atoms with Crippen molar-refractivity contribution in [3.63, 3.8) is 0 Å². The summed E-state index contributed by atoms with van der Waals surface area (Å²) >= 11 is 0. The number of rotatable bonds is 8. The average molecular weight is 294 g/mol. The number of hydrogen-bond acceptors (Lipinski definition) is 3. The Balaban J connectivity index is 2.49. The van der Waals surface area contributed by atoms with E-state index in [1.54, 1.807) is 0 Å². The summed E-state index contributed by atoms with van der Waals surface area (Å²) in [4.78, 5) is 22.4. The van der Waals surface area contributed by atoms with Gasteiger partial charge in [-0.15, -0.1) is 0 Å². The number of cyclic esters (lactones) is 2. The number of ether oxygens (including phenoxy) is 1. The van der Waals surface area contributed by atoms with Crippen molar-refractivity contribution in [3.05, 3.63) is 12.2 Å². The summed E-state index contributed by atoms with van der Waals surface area (Å²) in [7, 11) is 0. The van der Waals surface area contributed by atoms with Crippen molar-refractivity contribution in [2.45, 2.75) is 73.1 Å². The van der Waals surface area contributed by atoms with Crippen molar-refractivity contribution in [2.75, 3.05) is 0 Å². The zero-order valence-electron chi connectivity index (χ0n) is 14.2. The first-order valence-electron chi connectivity index (χ1n) is 8.11. The Morgan fingerprint density at radius 1 is 1.14 bits per heavy atom. The third-order valence-electron chi connectivity index (χ3n) is 4.87. The lowest BCUT2D eigenvalue weighted by molar-refractivity contribution is -0.153. The second-order valence-corrected chi connectivity index (χ2v) is 7.46. The van der Waals surface area contributed by atoms with Crippen LogP contribution in [0.3, 0.4) is 0 Å². The highest BCUT2D eigenvalue weighted by atomic mass is 16.6. The zero-order chi connectivity index (χ0) is 16.1. The molecule has 0 aliphatic carbocycles. The van der Waals surface area contributed by atoms with Crippen molar-refractivity contribution in [1.29, 1.82) is 0 Å². The number of allylic oxidation sites excluding steroid dienone is 2. The van der Waals surface area contributed by atoms with Gasteiger partial charge >= 0.3 is 11.9 Å². The molecule has 1 aliphatic heterocycles. The Morgan fingerprint density at radius 2 is 1.81 bits per heavy atom. The van der Waals surface area contributed by atoms with Crippen molar-refractivity contribution in [2.24, 2.45) is 16.7 Å². The standard InChI is InChI=1S/C18H30O3/c1-6-17(3,4)13-18(5,7-2)11-9-8-10-14-12-15(19)21-16(14)20/h8-9,14H,6-7,10-13H2,1-5H3. The quantitative estimate of drug-likeness (QED) is 0.371. The van der Waals surface area contributed by atoms with Crippen LogP contribution in [0.1, 0.15) is 73.1 Å².